The van der Waals surface area contributed by atoms with Crippen molar-refractivity contribution < 1.29 is 0 Å². The molecule has 4 heteroatoms. The number of aryl methyl sites for hydroxylation is 2. The minimum Gasteiger partial charge on any atom is -0.305 e. The highest BCUT2D eigenvalue weighted by Gasteiger charge is 2.08. The van der Waals surface area contributed by atoms with Crippen LogP contribution < -0.4 is 5.32 Å². The summed E-state index contributed by atoms with van der Waals surface area (Å²) in [5.74, 6) is 0. The molecule has 2 aromatic rings. The van der Waals surface area contributed by atoms with E-state index in [-0.39, 0.29) is 0 Å². The van der Waals surface area contributed by atoms with Gasteiger partial charge in [-0.1, -0.05) is 28.1 Å². The molecule has 0 aliphatic heterocycles. The van der Waals surface area contributed by atoms with E-state index in [2.05, 4.69) is 69.1 Å². The Bertz CT molecular complexity index is 548. The van der Waals surface area contributed by atoms with Crippen LogP contribution in [0.15, 0.2) is 34.8 Å². The molecule has 3 nitrogen and oxygen atoms in total. The number of hydrogen-bond acceptors (Lipinski definition) is 2. The summed E-state index contributed by atoms with van der Waals surface area (Å²) in [5.41, 5.74) is 3.60. The Hall–Kier alpha value is -1.13. The van der Waals surface area contributed by atoms with Gasteiger partial charge in [0.05, 0.1) is 11.4 Å². The van der Waals surface area contributed by atoms with Gasteiger partial charge in [0.1, 0.15) is 0 Å². The van der Waals surface area contributed by atoms with E-state index in [4.69, 9.17) is 0 Å². The van der Waals surface area contributed by atoms with Crippen LogP contribution in [0, 0.1) is 6.92 Å². The van der Waals surface area contributed by atoms with Crippen molar-refractivity contribution in [3.8, 4) is 0 Å². The van der Waals surface area contributed by atoms with Gasteiger partial charge in [-0.2, -0.15) is 5.10 Å². The van der Waals surface area contributed by atoms with Crippen LogP contribution in [0.25, 0.3) is 0 Å². The summed E-state index contributed by atoms with van der Waals surface area (Å²) in [6.07, 6.45) is 0. The van der Waals surface area contributed by atoms with E-state index in [1.165, 1.54) is 11.3 Å². The maximum atomic E-state index is 4.46. The molecule has 1 aromatic carbocycles. The van der Waals surface area contributed by atoms with Gasteiger partial charge in [-0.25, -0.2) is 0 Å². The number of rotatable bonds is 5. The second-order valence-electron chi connectivity index (χ2n) is 4.75. The third-order valence-corrected chi connectivity index (χ3v) is 3.72. The predicted molar refractivity (Wildman–Crippen MR) is 82.0 cm³/mol. The van der Waals surface area contributed by atoms with Gasteiger partial charge < -0.3 is 5.32 Å². The van der Waals surface area contributed by atoms with Crippen molar-refractivity contribution in [3.63, 3.8) is 0 Å². The fraction of sp³-hybridized carbons (Fsp3) is 0.400. The number of benzene rings is 1. The van der Waals surface area contributed by atoms with Gasteiger partial charge >= 0.3 is 0 Å². The van der Waals surface area contributed by atoms with Crippen molar-refractivity contribution >= 4 is 15.9 Å². The van der Waals surface area contributed by atoms with Gasteiger partial charge in [-0.15, -0.1) is 0 Å². The monoisotopic (exact) mass is 321 g/mol. The third-order valence-electron chi connectivity index (χ3n) is 3.22. The molecule has 1 atom stereocenters. The summed E-state index contributed by atoms with van der Waals surface area (Å²) in [4.78, 5) is 0. The van der Waals surface area contributed by atoms with Gasteiger partial charge in [0.25, 0.3) is 0 Å². The van der Waals surface area contributed by atoms with Crippen molar-refractivity contribution in [1.82, 2.24) is 15.1 Å². The Morgan fingerprint density at radius 2 is 2.16 bits per heavy atom. The van der Waals surface area contributed by atoms with Crippen LogP contribution >= 0.6 is 15.9 Å². The summed E-state index contributed by atoms with van der Waals surface area (Å²) in [6.45, 7) is 8.08. The van der Waals surface area contributed by atoms with Crippen LogP contribution in [-0.2, 0) is 13.1 Å². The molecule has 0 spiro atoms. The molecule has 0 amide bonds. The molecule has 0 saturated heterocycles. The van der Waals surface area contributed by atoms with Crippen LogP contribution in [0.1, 0.15) is 36.8 Å². The number of hydrogen-bond donors (Lipinski definition) is 1. The predicted octanol–water partition coefficient (Wildman–Crippen LogP) is 3.82. The fourth-order valence-corrected chi connectivity index (χ4v) is 2.58. The Kier molecular flexibility index (Phi) is 4.77. The highest BCUT2D eigenvalue weighted by atomic mass is 79.9. The Morgan fingerprint density at radius 1 is 1.37 bits per heavy atom. The van der Waals surface area contributed by atoms with Gasteiger partial charge in [-0.05, 0) is 44.5 Å². The molecular weight excluding hydrogens is 302 g/mol. The lowest BCUT2D eigenvalue weighted by atomic mass is 10.1. The maximum Gasteiger partial charge on any atom is 0.0597 e. The van der Waals surface area contributed by atoms with Crippen LogP contribution in [0.5, 0.6) is 0 Å². The minimum absolute atomic E-state index is 0.318. The molecule has 0 aliphatic rings. The Balaban J connectivity index is 2.02. The highest BCUT2D eigenvalue weighted by molar-refractivity contribution is 9.10. The van der Waals surface area contributed by atoms with Gasteiger partial charge in [0, 0.05) is 23.6 Å². The normalized spacial score (nSPS) is 12.6. The molecule has 0 bridgehead atoms. The lowest BCUT2D eigenvalue weighted by Gasteiger charge is -2.15. The first-order valence-corrected chi connectivity index (χ1v) is 7.41. The largest absolute Gasteiger partial charge is 0.305 e. The van der Waals surface area contributed by atoms with E-state index in [0.29, 0.717) is 6.04 Å². The van der Waals surface area contributed by atoms with Crippen molar-refractivity contribution in [1.29, 1.82) is 0 Å². The van der Waals surface area contributed by atoms with E-state index in [1.807, 2.05) is 13.0 Å². The van der Waals surface area contributed by atoms with E-state index in [1.54, 1.807) is 0 Å². The van der Waals surface area contributed by atoms with Crippen molar-refractivity contribution in [2.75, 3.05) is 0 Å². The molecule has 1 aromatic heterocycles. The smallest absolute Gasteiger partial charge is 0.0597 e. The zero-order valence-electron chi connectivity index (χ0n) is 11.7. The average Bonchev–Trinajstić information content (AvgIpc) is 2.76. The average molecular weight is 322 g/mol. The van der Waals surface area contributed by atoms with Crippen LogP contribution in [0.4, 0.5) is 0 Å². The zero-order valence-corrected chi connectivity index (χ0v) is 13.2. The first kappa shape index (κ1) is 14.3. The standard InChI is InChI=1S/C15H20BrN3/c1-4-19-15(8-11(2)18-19)10-17-12(3)13-6-5-7-14(16)9-13/h5-9,12,17H,4,10H2,1-3H3. The number of aromatic nitrogens is 2. The first-order chi connectivity index (χ1) is 9.10. The molecule has 1 heterocycles. The second-order valence-corrected chi connectivity index (χ2v) is 5.67. The summed E-state index contributed by atoms with van der Waals surface area (Å²) < 4.78 is 3.17. The molecule has 2 rings (SSSR count). The van der Waals surface area contributed by atoms with E-state index in [0.717, 1.165) is 23.3 Å². The molecule has 0 saturated carbocycles. The van der Waals surface area contributed by atoms with Gasteiger partial charge in [0.15, 0.2) is 0 Å². The number of nitrogens with one attached hydrogen (secondary N) is 1. The molecule has 0 radical (unpaired) electrons. The molecule has 102 valence electrons. The van der Waals surface area contributed by atoms with Crippen molar-refractivity contribution in [2.24, 2.45) is 0 Å². The lowest BCUT2D eigenvalue weighted by Crippen LogP contribution is -2.20. The van der Waals surface area contributed by atoms with Crippen LogP contribution in [0.2, 0.25) is 0 Å². The van der Waals surface area contributed by atoms with Crippen LogP contribution in [0.3, 0.4) is 0 Å². The fourth-order valence-electron chi connectivity index (χ4n) is 2.17. The van der Waals surface area contributed by atoms with Gasteiger partial charge in [0.2, 0.25) is 0 Å². The summed E-state index contributed by atoms with van der Waals surface area (Å²) in [7, 11) is 0. The second kappa shape index (κ2) is 6.35. The Labute approximate surface area is 123 Å². The highest BCUT2D eigenvalue weighted by Crippen LogP contribution is 2.18. The third kappa shape index (κ3) is 3.67. The number of halogens is 1. The van der Waals surface area contributed by atoms with Crippen molar-refractivity contribution in [3.05, 3.63) is 51.8 Å². The van der Waals surface area contributed by atoms with Crippen LogP contribution in [-0.4, -0.2) is 9.78 Å². The molecule has 0 aliphatic carbocycles. The quantitative estimate of drug-likeness (QED) is 0.907. The molecule has 1 unspecified atom stereocenters. The SMILES string of the molecule is CCn1nc(C)cc1CNC(C)c1cccc(Br)c1. The summed E-state index contributed by atoms with van der Waals surface area (Å²) in [5, 5.41) is 8.01. The van der Waals surface area contributed by atoms with E-state index < -0.39 is 0 Å². The van der Waals surface area contributed by atoms with Crippen molar-refractivity contribution in [2.45, 2.75) is 39.9 Å². The summed E-state index contributed by atoms with van der Waals surface area (Å²) in [6, 6.07) is 10.9. The first-order valence-electron chi connectivity index (χ1n) is 6.62. The maximum absolute atomic E-state index is 4.46. The molecule has 19 heavy (non-hydrogen) atoms. The zero-order chi connectivity index (χ0) is 13.8. The number of nitrogens with zero attached hydrogens (tertiary/aromatic N) is 2. The Morgan fingerprint density at radius 3 is 2.84 bits per heavy atom. The van der Waals surface area contributed by atoms with Gasteiger partial charge in [-0.3, -0.25) is 4.68 Å². The lowest BCUT2D eigenvalue weighted by molar-refractivity contribution is 0.531. The minimum atomic E-state index is 0.318. The molecule has 1 N–H and O–H groups in total. The topological polar surface area (TPSA) is 29.9 Å². The molecular formula is C15H20BrN3. The molecule has 0 fully saturated rings. The van der Waals surface area contributed by atoms with E-state index >= 15 is 0 Å². The summed E-state index contributed by atoms with van der Waals surface area (Å²) >= 11 is 3.51. The van der Waals surface area contributed by atoms with E-state index in [9.17, 15) is 0 Å².